The number of rotatable bonds is 5. The molecular formula is C18H15ClN2O3S. The zero-order valence-corrected chi connectivity index (χ0v) is 14.6. The lowest BCUT2D eigenvalue weighted by Crippen LogP contribution is -2.24. The van der Waals surface area contributed by atoms with Crippen LogP contribution in [0.2, 0.25) is 5.02 Å². The van der Waals surface area contributed by atoms with Gasteiger partial charge in [0.15, 0.2) is 11.5 Å². The maximum absolute atomic E-state index is 12.0. The fraction of sp³-hybridized carbons (Fsp3) is 0.111. The third kappa shape index (κ3) is 4.49. The van der Waals surface area contributed by atoms with E-state index in [1.54, 1.807) is 18.2 Å². The molecule has 0 saturated carbocycles. The third-order valence-electron chi connectivity index (χ3n) is 3.54. The topological polar surface area (TPSA) is 82.5 Å². The van der Waals surface area contributed by atoms with Crippen LogP contribution < -0.4 is 5.32 Å². The Kier molecular flexibility index (Phi) is 5.21. The van der Waals surface area contributed by atoms with Crippen LogP contribution in [0.5, 0.6) is 11.5 Å². The lowest BCUT2D eigenvalue weighted by Gasteiger charge is -2.04. The van der Waals surface area contributed by atoms with Gasteiger partial charge in [0, 0.05) is 16.0 Å². The Hall–Kier alpha value is -2.57. The van der Waals surface area contributed by atoms with Gasteiger partial charge in [0.05, 0.1) is 18.7 Å². The molecule has 0 radical (unpaired) electrons. The molecule has 7 heteroatoms. The molecule has 3 rings (SSSR count). The molecule has 1 amide bonds. The van der Waals surface area contributed by atoms with Crippen LogP contribution in [-0.2, 0) is 17.8 Å². The number of phenolic OH excluding ortho intramolecular Hbond substituents is 2. The summed E-state index contributed by atoms with van der Waals surface area (Å²) in [6.07, 6.45) is 0.279. The van der Waals surface area contributed by atoms with Crippen molar-refractivity contribution in [2.45, 2.75) is 13.0 Å². The first-order valence-corrected chi connectivity index (χ1v) is 8.75. The molecule has 25 heavy (non-hydrogen) atoms. The number of nitrogens with one attached hydrogen (secondary N) is 1. The predicted molar refractivity (Wildman–Crippen MR) is 97.9 cm³/mol. The van der Waals surface area contributed by atoms with E-state index >= 15 is 0 Å². The zero-order chi connectivity index (χ0) is 17.8. The van der Waals surface area contributed by atoms with Gasteiger partial charge in [-0.25, -0.2) is 4.98 Å². The smallest absolute Gasteiger partial charge is 0.224 e. The summed E-state index contributed by atoms with van der Waals surface area (Å²) in [6.45, 7) is 0.334. The maximum Gasteiger partial charge on any atom is 0.224 e. The molecule has 128 valence electrons. The molecule has 5 nitrogen and oxygen atoms in total. The molecule has 0 aliphatic heterocycles. The lowest BCUT2D eigenvalue weighted by atomic mass is 10.1. The Morgan fingerprint density at radius 2 is 1.88 bits per heavy atom. The van der Waals surface area contributed by atoms with E-state index in [0.29, 0.717) is 22.8 Å². The number of thiazole rings is 1. The third-order valence-corrected chi connectivity index (χ3v) is 4.64. The van der Waals surface area contributed by atoms with Gasteiger partial charge in [-0.15, -0.1) is 11.3 Å². The van der Waals surface area contributed by atoms with Crippen molar-refractivity contribution in [3.8, 4) is 22.8 Å². The van der Waals surface area contributed by atoms with Crippen LogP contribution in [0.4, 0.5) is 0 Å². The largest absolute Gasteiger partial charge is 0.504 e. The second-order valence-corrected chi connectivity index (χ2v) is 6.79. The average molecular weight is 375 g/mol. The highest BCUT2D eigenvalue weighted by atomic mass is 35.5. The van der Waals surface area contributed by atoms with Gasteiger partial charge < -0.3 is 15.5 Å². The van der Waals surface area contributed by atoms with E-state index in [2.05, 4.69) is 10.3 Å². The summed E-state index contributed by atoms with van der Waals surface area (Å²) in [7, 11) is 0. The molecule has 0 saturated heterocycles. The van der Waals surface area contributed by atoms with E-state index in [1.807, 2.05) is 17.5 Å². The molecular weight excluding hydrogens is 360 g/mol. The monoisotopic (exact) mass is 374 g/mol. The number of carbonyl (C=O) groups is 1. The van der Waals surface area contributed by atoms with Crippen molar-refractivity contribution in [3.63, 3.8) is 0 Å². The minimum atomic E-state index is -0.191. The number of halogens is 1. The van der Waals surface area contributed by atoms with E-state index < -0.39 is 0 Å². The molecule has 0 aliphatic carbocycles. The van der Waals surface area contributed by atoms with E-state index in [-0.39, 0.29) is 23.8 Å². The molecule has 0 atom stereocenters. The van der Waals surface area contributed by atoms with E-state index in [0.717, 1.165) is 10.6 Å². The molecule has 1 aromatic heterocycles. The number of hydrogen-bond donors (Lipinski definition) is 3. The Morgan fingerprint density at radius 3 is 2.60 bits per heavy atom. The van der Waals surface area contributed by atoms with Crippen molar-refractivity contribution in [3.05, 3.63) is 63.4 Å². The van der Waals surface area contributed by atoms with Crippen LogP contribution >= 0.6 is 22.9 Å². The number of aromatic hydroxyl groups is 2. The molecule has 2 aromatic carbocycles. The molecule has 1 heterocycles. The second-order valence-electron chi connectivity index (χ2n) is 5.41. The Labute approximate surface area is 153 Å². The van der Waals surface area contributed by atoms with Gasteiger partial charge in [-0.2, -0.15) is 0 Å². The SMILES string of the molecule is O=C(Cc1ccc(Cl)cc1)NCc1nc(-c2ccc(O)c(O)c2)cs1. The van der Waals surface area contributed by atoms with Gasteiger partial charge >= 0.3 is 0 Å². The number of nitrogens with zero attached hydrogens (tertiary/aromatic N) is 1. The molecule has 0 bridgehead atoms. The number of carbonyl (C=O) groups excluding carboxylic acids is 1. The highest BCUT2D eigenvalue weighted by molar-refractivity contribution is 7.09. The summed E-state index contributed by atoms with van der Waals surface area (Å²) in [5.41, 5.74) is 2.27. The van der Waals surface area contributed by atoms with Crippen LogP contribution in [-0.4, -0.2) is 21.1 Å². The van der Waals surface area contributed by atoms with Gasteiger partial charge in [0.1, 0.15) is 5.01 Å². The van der Waals surface area contributed by atoms with Crippen molar-refractivity contribution < 1.29 is 15.0 Å². The Balaban J connectivity index is 1.58. The maximum atomic E-state index is 12.0. The summed E-state index contributed by atoms with van der Waals surface area (Å²) in [4.78, 5) is 16.4. The van der Waals surface area contributed by atoms with Gasteiger partial charge in [-0.05, 0) is 35.9 Å². The minimum Gasteiger partial charge on any atom is -0.504 e. The van der Waals surface area contributed by atoms with Crippen LogP contribution in [0.15, 0.2) is 47.8 Å². The van der Waals surface area contributed by atoms with Gasteiger partial charge in [0.2, 0.25) is 5.91 Å². The molecule has 0 fully saturated rings. The summed E-state index contributed by atoms with van der Waals surface area (Å²) in [5.74, 6) is -0.460. The molecule has 0 unspecified atom stereocenters. The normalized spacial score (nSPS) is 10.6. The number of hydrogen-bond acceptors (Lipinski definition) is 5. The summed E-state index contributed by atoms with van der Waals surface area (Å²) >= 11 is 7.24. The van der Waals surface area contributed by atoms with E-state index in [9.17, 15) is 15.0 Å². The highest BCUT2D eigenvalue weighted by Gasteiger charge is 2.09. The number of aromatic nitrogens is 1. The quantitative estimate of drug-likeness (QED) is 0.594. The Bertz CT molecular complexity index is 894. The summed E-state index contributed by atoms with van der Waals surface area (Å²) < 4.78 is 0. The lowest BCUT2D eigenvalue weighted by molar-refractivity contribution is -0.120. The molecule has 3 N–H and O–H groups in total. The molecule has 0 spiro atoms. The van der Waals surface area contributed by atoms with Gasteiger partial charge in [0.25, 0.3) is 0 Å². The van der Waals surface area contributed by atoms with Crippen molar-refractivity contribution >= 4 is 28.8 Å². The molecule has 3 aromatic rings. The van der Waals surface area contributed by atoms with Crippen molar-refractivity contribution in [1.29, 1.82) is 0 Å². The first-order valence-electron chi connectivity index (χ1n) is 7.49. The Morgan fingerprint density at radius 1 is 1.12 bits per heavy atom. The van der Waals surface area contributed by atoms with E-state index in [4.69, 9.17) is 11.6 Å². The molecule has 0 aliphatic rings. The van der Waals surface area contributed by atoms with E-state index in [1.165, 1.54) is 23.5 Å². The average Bonchev–Trinajstić information content (AvgIpc) is 3.07. The second kappa shape index (κ2) is 7.55. The predicted octanol–water partition coefficient (Wildman–Crippen LogP) is 3.73. The van der Waals surface area contributed by atoms with Crippen molar-refractivity contribution in [2.24, 2.45) is 0 Å². The standard InChI is InChI=1S/C18H15ClN2O3S/c19-13-4-1-11(2-5-13)7-17(24)20-9-18-21-14(10-25-18)12-3-6-15(22)16(23)8-12/h1-6,8,10,22-23H,7,9H2,(H,20,24). The van der Waals surface area contributed by atoms with Crippen LogP contribution in [0.1, 0.15) is 10.6 Å². The first-order chi connectivity index (χ1) is 12.0. The summed E-state index contributed by atoms with van der Waals surface area (Å²) in [6, 6.07) is 11.7. The van der Waals surface area contributed by atoms with Crippen LogP contribution in [0.25, 0.3) is 11.3 Å². The van der Waals surface area contributed by atoms with Crippen LogP contribution in [0.3, 0.4) is 0 Å². The first kappa shape index (κ1) is 17.3. The zero-order valence-electron chi connectivity index (χ0n) is 13.1. The minimum absolute atomic E-state index is 0.0960. The number of benzene rings is 2. The number of amides is 1. The number of phenols is 2. The highest BCUT2D eigenvalue weighted by Crippen LogP contribution is 2.30. The summed E-state index contributed by atoms with van der Waals surface area (Å²) in [5, 5.41) is 25.0. The van der Waals surface area contributed by atoms with Gasteiger partial charge in [-0.3, -0.25) is 4.79 Å². The van der Waals surface area contributed by atoms with Gasteiger partial charge in [-0.1, -0.05) is 23.7 Å². The fourth-order valence-corrected chi connectivity index (χ4v) is 3.10. The van der Waals surface area contributed by atoms with Crippen LogP contribution in [0, 0.1) is 0 Å². The van der Waals surface area contributed by atoms with Crippen molar-refractivity contribution in [1.82, 2.24) is 10.3 Å². The fourth-order valence-electron chi connectivity index (χ4n) is 2.23. The van der Waals surface area contributed by atoms with Crippen molar-refractivity contribution in [2.75, 3.05) is 0 Å².